The maximum Gasteiger partial charge on any atom is 0.405 e. The third kappa shape index (κ3) is 3.84. The van der Waals surface area contributed by atoms with Crippen molar-refractivity contribution in [1.29, 1.82) is 0 Å². The smallest absolute Gasteiger partial charge is 0.405 e. The molecule has 3 aromatic rings. The summed E-state index contributed by atoms with van der Waals surface area (Å²) in [6, 6.07) is 5.12. The molecule has 5 rings (SSSR count). The van der Waals surface area contributed by atoms with Gasteiger partial charge in [0.05, 0.1) is 28.9 Å². The molecule has 3 N–H and O–H groups in total. The third-order valence-corrected chi connectivity index (χ3v) is 6.62. The third-order valence-electron chi connectivity index (χ3n) is 6.62. The minimum atomic E-state index is -2.91. The predicted molar refractivity (Wildman–Crippen MR) is 120 cm³/mol. The van der Waals surface area contributed by atoms with E-state index in [1.807, 2.05) is 11.0 Å². The zero-order valence-corrected chi connectivity index (χ0v) is 18.5. The molecule has 0 bridgehead atoms. The minimum absolute atomic E-state index is 0.109. The molecule has 1 aromatic carbocycles. The summed E-state index contributed by atoms with van der Waals surface area (Å²) in [4.78, 5) is 26.6. The van der Waals surface area contributed by atoms with Crippen LogP contribution in [0.25, 0.3) is 10.9 Å². The highest BCUT2D eigenvalue weighted by Crippen LogP contribution is 2.50. The molecule has 1 amide bonds. The highest BCUT2D eigenvalue weighted by Gasteiger charge is 2.61. The first-order valence-corrected chi connectivity index (χ1v) is 10.9. The van der Waals surface area contributed by atoms with E-state index in [2.05, 4.69) is 25.6 Å². The molecule has 2 aliphatic rings. The van der Waals surface area contributed by atoms with Gasteiger partial charge < -0.3 is 20.6 Å². The summed E-state index contributed by atoms with van der Waals surface area (Å²) in [5, 5.41) is 15.6. The van der Waals surface area contributed by atoms with E-state index in [0.717, 1.165) is 12.5 Å². The number of hydrogen-bond acceptors (Lipinski definition) is 6. The molecule has 3 unspecified atom stereocenters. The van der Waals surface area contributed by atoms with E-state index in [9.17, 15) is 18.0 Å². The van der Waals surface area contributed by atoms with Crippen molar-refractivity contribution < 1.29 is 23.1 Å². The maximum atomic E-state index is 14.7. The fourth-order valence-corrected chi connectivity index (χ4v) is 4.84. The number of halogens is 3. The maximum absolute atomic E-state index is 14.7. The molecule has 0 radical (unpaired) electrons. The van der Waals surface area contributed by atoms with E-state index in [0.29, 0.717) is 41.5 Å². The molecule has 1 saturated carbocycles. The number of amides is 1. The SMILES string of the molecule is Cc1nc(NC(C)c2cccc(C(F)F)c2F)c2cc(N3CC4CC4(NC(=O)O)C3)ncc2n1. The molecular formula is C23H23F3N6O2. The number of aromatic nitrogens is 3. The number of carbonyl (C=O) groups is 1. The van der Waals surface area contributed by atoms with Crippen LogP contribution in [0.4, 0.5) is 29.6 Å². The average Bonchev–Trinajstić information content (AvgIpc) is 3.30. The highest BCUT2D eigenvalue weighted by molar-refractivity contribution is 5.90. The number of piperidine rings is 1. The Labute approximate surface area is 193 Å². The summed E-state index contributed by atoms with van der Waals surface area (Å²) < 4.78 is 41.0. The molecule has 3 heterocycles. The topological polar surface area (TPSA) is 103 Å². The molecule has 8 nitrogen and oxygen atoms in total. The van der Waals surface area contributed by atoms with Crippen LogP contribution in [-0.2, 0) is 0 Å². The van der Waals surface area contributed by atoms with Gasteiger partial charge in [-0.15, -0.1) is 0 Å². The van der Waals surface area contributed by atoms with Gasteiger partial charge in [0.25, 0.3) is 6.43 Å². The Morgan fingerprint density at radius 1 is 1.29 bits per heavy atom. The minimum Gasteiger partial charge on any atom is -0.465 e. The number of aryl methyl sites for hydroxylation is 1. The van der Waals surface area contributed by atoms with Crippen LogP contribution in [0.5, 0.6) is 0 Å². The molecule has 34 heavy (non-hydrogen) atoms. The van der Waals surface area contributed by atoms with Gasteiger partial charge in [-0.3, -0.25) is 0 Å². The van der Waals surface area contributed by atoms with E-state index in [-0.39, 0.29) is 11.5 Å². The fraction of sp³-hybridized carbons (Fsp3) is 0.391. The van der Waals surface area contributed by atoms with Crippen molar-refractivity contribution in [1.82, 2.24) is 20.3 Å². The molecule has 2 fully saturated rings. The summed E-state index contributed by atoms with van der Waals surface area (Å²) in [7, 11) is 0. The molecule has 3 atom stereocenters. The first kappa shape index (κ1) is 22.2. The molecule has 0 spiro atoms. The normalized spacial score (nSPS) is 22.1. The predicted octanol–water partition coefficient (Wildman–Crippen LogP) is 4.43. The number of nitrogens with one attached hydrogen (secondary N) is 2. The number of rotatable bonds is 6. The summed E-state index contributed by atoms with van der Waals surface area (Å²) in [6.45, 7) is 4.58. The molecule has 1 aliphatic carbocycles. The summed E-state index contributed by atoms with van der Waals surface area (Å²) in [5.41, 5.74) is -0.388. The lowest BCUT2D eigenvalue weighted by Crippen LogP contribution is -2.41. The van der Waals surface area contributed by atoms with Crippen molar-refractivity contribution in [3.8, 4) is 0 Å². The zero-order chi connectivity index (χ0) is 24.2. The number of nitrogens with zero attached hydrogens (tertiary/aromatic N) is 4. The van der Waals surface area contributed by atoms with Crippen LogP contribution in [0.15, 0.2) is 30.5 Å². The molecule has 1 saturated heterocycles. The number of carboxylic acid groups (broad SMARTS) is 1. The van der Waals surface area contributed by atoms with Gasteiger partial charge in [-0.25, -0.2) is 32.9 Å². The second-order valence-corrected chi connectivity index (χ2v) is 8.96. The van der Waals surface area contributed by atoms with Crippen molar-refractivity contribution in [2.24, 2.45) is 5.92 Å². The van der Waals surface area contributed by atoms with Crippen molar-refractivity contribution in [2.75, 3.05) is 23.3 Å². The number of pyridine rings is 1. The van der Waals surface area contributed by atoms with Crippen LogP contribution in [0.3, 0.4) is 0 Å². The van der Waals surface area contributed by atoms with E-state index in [1.165, 1.54) is 12.1 Å². The fourth-order valence-electron chi connectivity index (χ4n) is 4.84. The first-order valence-electron chi connectivity index (χ1n) is 10.9. The summed E-state index contributed by atoms with van der Waals surface area (Å²) >= 11 is 0. The average molecular weight is 472 g/mol. The van der Waals surface area contributed by atoms with Gasteiger partial charge in [0, 0.05) is 30.0 Å². The van der Waals surface area contributed by atoms with Crippen molar-refractivity contribution in [3.63, 3.8) is 0 Å². The number of fused-ring (bicyclic) bond motifs is 2. The highest BCUT2D eigenvalue weighted by atomic mass is 19.3. The van der Waals surface area contributed by atoms with Gasteiger partial charge in [-0.05, 0) is 26.3 Å². The van der Waals surface area contributed by atoms with Crippen LogP contribution >= 0.6 is 0 Å². The van der Waals surface area contributed by atoms with Gasteiger partial charge >= 0.3 is 6.09 Å². The number of alkyl halides is 2. The quantitative estimate of drug-likeness (QED) is 0.488. The zero-order valence-electron chi connectivity index (χ0n) is 18.5. The van der Waals surface area contributed by atoms with E-state index >= 15 is 0 Å². The largest absolute Gasteiger partial charge is 0.465 e. The molecule has 178 valence electrons. The number of benzene rings is 1. The number of hydrogen-bond donors (Lipinski definition) is 3. The van der Waals surface area contributed by atoms with Crippen molar-refractivity contribution in [3.05, 3.63) is 53.2 Å². The van der Waals surface area contributed by atoms with Crippen molar-refractivity contribution >= 4 is 28.6 Å². The second kappa shape index (κ2) is 8.00. The van der Waals surface area contributed by atoms with Crippen LogP contribution in [0.1, 0.15) is 42.8 Å². The monoisotopic (exact) mass is 472 g/mol. The Morgan fingerprint density at radius 2 is 2.06 bits per heavy atom. The van der Waals surface area contributed by atoms with Crippen LogP contribution < -0.4 is 15.5 Å². The first-order chi connectivity index (χ1) is 16.2. The van der Waals surface area contributed by atoms with Gasteiger partial charge in [-0.1, -0.05) is 18.2 Å². The lowest BCUT2D eigenvalue weighted by Gasteiger charge is -2.23. The molecule has 1 aliphatic heterocycles. The molecule has 11 heteroatoms. The van der Waals surface area contributed by atoms with Gasteiger partial charge in [0.1, 0.15) is 23.3 Å². The van der Waals surface area contributed by atoms with Crippen molar-refractivity contribution in [2.45, 2.75) is 38.3 Å². The summed E-state index contributed by atoms with van der Waals surface area (Å²) in [6.07, 6.45) is -1.52. The lowest BCUT2D eigenvalue weighted by molar-refractivity contribution is 0.146. The Hall–Kier alpha value is -3.63. The van der Waals surface area contributed by atoms with Gasteiger partial charge in [-0.2, -0.15) is 0 Å². The second-order valence-electron chi connectivity index (χ2n) is 8.96. The lowest BCUT2D eigenvalue weighted by atomic mass is 10.0. The Balaban J connectivity index is 1.45. The standard InChI is InChI=1S/C23H23F3N6O2/c1-11(14-4-3-5-15(19(14)24)20(25)26)28-21-16-6-18(27-8-17(16)29-12(2)30-21)32-9-13-7-23(13,10-32)31-22(33)34/h3-6,8,11,13,20,31H,7,9-10H2,1-2H3,(H,33,34)(H,28,29,30). The Kier molecular flexibility index (Phi) is 5.22. The Bertz CT molecular complexity index is 1290. The number of anilines is 2. The van der Waals surface area contributed by atoms with E-state index in [4.69, 9.17) is 5.11 Å². The Morgan fingerprint density at radius 3 is 2.79 bits per heavy atom. The van der Waals surface area contributed by atoms with E-state index < -0.39 is 35.5 Å². The van der Waals surface area contributed by atoms with Crippen LogP contribution in [0, 0.1) is 18.7 Å². The van der Waals surface area contributed by atoms with Crippen LogP contribution in [-0.4, -0.2) is 44.8 Å². The van der Waals surface area contributed by atoms with Gasteiger partial charge in [0.15, 0.2) is 0 Å². The van der Waals surface area contributed by atoms with Crippen LogP contribution in [0.2, 0.25) is 0 Å². The molecule has 2 aromatic heterocycles. The molecular weight excluding hydrogens is 449 g/mol. The van der Waals surface area contributed by atoms with Gasteiger partial charge in [0.2, 0.25) is 0 Å². The van der Waals surface area contributed by atoms with E-state index in [1.54, 1.807) is 20.0 Å². The summed E-state index contributed by atoms with van der Waals surface area (Å²) in [5.74, 6) is 0.856.